The number of hydrogen-bond acceptors (Lipinski definition) is 3. The molecule has 1 aromatic carbocycles. The number of furan rings is 1. The molecule has 3 rings (SSSR count). The highest BCUT2D eigenvalue weighted by atomic mass is 35.5. The zero-order valence-corrected chi connectivity index (χ0v) is 17.6. The number of halogens is 1. The topological polar surface area (TPSA) is 43.1 Å². The summed E-state index contributed by atoms with van der Waals surface area (Å²) < 4.78 is 6.01. The van der Waals surface area contributed by atoms with Gasteiger partial charge in [-0.25, -0.2) is 4.98 Å². The first kappa shape index (κ1) is 19.6. The Kier molecular flexibility index (Phi) is 5.18. The number of fused-ring (bicyclic) bond motifs is 1. The van der Waals surface area contributed by atoms with Crippen molar-refractivity contribution in [1.82, 2.24) is 4.98 Å². The normalized spacial score (nSPS) is 13.1. The molecule has 0 saturated carbocycles. The lowest BCUT2D eigenvalue weighted by Gasteiger charge is -2.20. The number of benzene rings is 1. The molecule has 0 saturated heterocycles. The average molecular weight is 384 g/mol. The maximum Gasteiger partial charge on any atom is 0.200 e. The van der Waals surface area contributed by atoms with E-state index in [-0.39, 0.29) is 17.1 Å². The van der Waals surface area contributed by atoms with Crippen molar-refractivity contribution in [2.45, 2.75) is 53.4 Å². The third-order valence-corrected chi connectivity index (χ3v) is 5.47. The summed E-state index contributed by atoms with van der Waals surface area (Å²) in [5, 5.41) is 0.737. The fourth-order valence-electron chi connectivity index (χ4n) is 3.08. The molecule has 0 radical (unpaired) electrons. The number of carbonyl (C=O) groups is 1. The van der Waals surface area contributed by atoms with Gasteiger partial charge in [0.1, 0.15) is 5.52 Å². The molecule has 1 atom stereocenters. The van der Waals surface area contributed by atoms with Gasteiger partial charge in [-0.3, -0.25) is 4.79 Å². The van der Waals surface area contributed by atoms with Gasteiger partial charge >= 0.3 is 0 Å². The van der Waals surface area contributed by atoms with E-state index in [1.165, 1.54) is 0 Å². The highest BCUT2D eigenvalue weighted by molar-refractivity contribution is 6.31. The van der Waals surface area contributed by atoms with Crippen LogP contribution in [0.5, 0.6) is 0 Å². The van der Waals surface area contributed by atoms with Crippen LogP contribution in [0, 0.1) is 12.8 Å². The molecule has 0 N–H and O–H groups in total. The molecule has 0 aliphatic heterocycles. The lowest BCUT2D eigenvalue weighted by Crippen LogP contribution is -2.12. The maximum atomic E-state index is 12.6. The highest BCUT2D eigenvalue weighted by Gasteiger charge is 2.25. The van der Waals surface area contributed by atoms with Crippen LogP contribution in [0.25, 0.3) is 22.4 Å². The lowest BCUT2D eigenvalue weighted by atomic mass is 9.86. The number of ketones is 1. The van der Waals surface area contributed by atoms with Gasteiger partial charge in [0.25, 0.3) is 0 Å². The standard InChI is InChI=1S/C23H26ClNO2/c1-7-13(2)21(26)20-12-19-22(27-20)16(23(4,5)6)11-18(25-19)15-8-9-17(24)14(3)10-15/h8-13H,7H2,1-6H3. The van der Waals surface area contributed by atoms with Crippen LogP contribution in [-0.4, -0.2) is 10.8 Å². The average Bonchev–Trinajstić information content (AvgIpc) is 3.04. The van der Waals surface area contributed by atoms with Crippen molar-refractivity contribution in [2.24, 2.45) is 5.92 Å². The third kappa shape index (κ3) is 3.79. The molecule has 0 aliphatic carbocycles. The molecule has 142 valence electrons. The summed E-state index contributed by atoms with van der Waals surface area (Å²) in [6, 6.07) is 9.75. The summed E-state index contributed by atoms with van der Waals surface area (Å²) in [5.74, 6) is 0.350. The molecule has 2 aromatic heterocycles. The molecular weight excluding hydrogens is 358 g/mol. The van der Waals surface area contributed by atoms with E-state index in [2.05, 4.69) is 26.8 Å². The summed E-state index contributed by atoms with van der Waals surface area (Å²) >= 11 is 6.18. The second kappa shape index (κ2) is 7.12. The van der Waals surface area contributed by atoms with Crippen molar-refractivity contribution in [1.29, 1.82) is 0 Å². The van der Waals surface area contributed by atoms with Gasteiger partial charge in [-0.15, -0.1) is 0 Å². The van der Waals surface area contributed by atoms with Gasteiger partial charge in [0.15, 0.2) is 11.3 Å². The van der Waals surface area contributed by atoms with Gasteiger partial charge in [-0.05, 0) is 42.5 Å². The number of hydrogen-bond donors (Lipinski definition) is 0. The molecule has 2 heterocycles. The van der Waals surface area contributed by atoms with E-state index in [1.54, 1.807) is 6.07 Å². The Labute approximate surface area is 165 Å². The number of aromatic nitrogens is 1. The Morgan fingerprint density at radius 3 is 2.52 bits per heavy atom. The van der Waals surface area contributed by atoms with Crippen molar-refractivity contribution < 1.29 is 9.21 Å². The third-order valence-electron chi connectivity index (χ3n) is 5.04. The van der Waals surface area contributed by atoms with Crippen molar-refractivity contribution in [3.63, 3.8) is 0 Å². The van der Waals surface area contributed by atoms with Gasteiger partial charge < -0.3 is 4.42 Å². The molecule has 1 unspecified atom stereocenters. The minimum Gasteiger partial charge on any atom is -0.451 e. The first-order chi connectivity index (χ1) is 12.6. The number of aryl methyl sites for hydroxylation is 1. The van der Waals surface area contributed by atoms with Crippen LogP contribution >= 0.6 is 11.6 Å². The van der Waals surface area contributed by atoms with E-state index >= 15 is 0 Å². The maximum absolute atomic E-state index is 12.6. The quantitative estimate of drug-likeness (QED) is 0.456. The van der Waals surface area contributed by atoms with Gasteiger partial charge in [-0.1, -0.05) is 52.3 Å². The number of Topliss-reactive ketones (excluding diaryl/α,β-unsaturated/α-hetero) is 1. The molecule has 4 heteroatoms. The Morgan fingerprint density at radius 1 is 1.22 bits per heavy atom. The van der Waals surface area contributed by atoms with E-state index in [0.717, 1.165) is 39.3 Å². The lowest BCUT2D eigenvalue weighted by molar-refractivity contribution is 0.0901. The van der Waals surface area contributed by atoms with Crippen LogP contribution in [0.15, 0.2) is 34.7 Å². The number of nitrogens with zero attached hydrogens (tertiary/aromatic N) is 1. The van der Waals surface area contributed by atoms with Gasteiger partial charge in [0.05, 0.1) is 5.69 Å². The first-order valence-corrected chi connectivity index (χ1v) is 9.75. The monoisotopic (exact) mass is 383 g/mol. The van der Waals surface area contributed by atoms with Crippen LogP contribution in [-0.2, 0) is 5.41 Å². The van der Waals surface area contributed by atoms with Crippen LogP contribution < -0.4 is 0 Å². The number of carbonyl (C=O) groups excluding carboxylic acids is 1. The molecule has 27 heavy (non-hydrogen) atoms. The Balaban J connectivity index is 2.23. The summed E-state index contributed by atoms with van der Waals surface area (Å²) in [6.07, 6.45) is 0.782. The van der Waals surface area contributed by atoms with Crippen molar-refractivity contribution in [3.05, 3.63) is 52.2 Å². The van der Waals surface area contributed by atoms with Crippen LogP contribution in [0.2, 0.25) is 5.02 Å². The van der Waals surface area contributed by atoms with Crippen molar-refractivity contribution >= 4 is 28.5 Å². The molecule has 3 nitrogen and oxygen atoms in total. The van der Waals surface area contributed by atoms with Gasteiger partial charge in [0.2, 0.25) is 5.78 Å². The van der Waals surface area contributed by atoms with E-state index in [1.807, 2.05) is 39.0 Å². The van der Waals surface area contributed by atoms with E-state index in [9.17, 15) is 4.79 Å². The van der Waals surface area contributed by atoms with Crippen molar-refractivity contribution in [3.8, 4) is 11.3 Å². The van der Waals surface area contributed by atoms with Crippen LogP contribution in [0.3, 0.4) is 0 Å². The molecule has 0 aliphatic rings. The fourth-order valence-corrected chi connectivity index (χ4v) is 3.20. The minimum absolute atomic E-state index is 0.0271. The van der Waals surface area contributed by atoms with Crippen molar-refractivity contribution in [2.75, 3.05) is 0 Å². The Bertz CT molecular complexity index is 1010. The molecule has 0 bridgehead atoms. The van der Waals surface area contributed by atoms with E-state index < -0.39 is 0 Å². The Hall–Kier alpha value is -2.13. The second-order valence-electron chi connectivity index (χ2n) is 8.27. The zero-order chi connectivity index (χ0) is 19.9. The van der Waals surface area contributed by atoms with E-state index in [0.29, 0.717) is 11.3 Å². The van der Waals surface area contributed by atoms with Crippen LogP contribution in [0.1, 0.15) is 62.7 Å². The molecular formula is C23H26ClNO2. The molecule has 0 amide bonds. The minimum atomic E-state index is -0.147. The predicted octanol–water partition coefficient (Wildman–Crippen LogP) is 6.98. The van der Waals surface area contributed by atoms with E-state index in [4.69, 9.17) is 21.0 Å². The predicted molar refractivity (Wildman–Crippen MR) is 112 cm³/mol. The highest BCUT2D eigenvalue weighted by Crippen LogP contribution is 2.35. The zero-order valence-electron chi connectivity index (χ0n) is 16.8. The Morgan fingerprint density at radius 2 is 1.93 bits per heavy atom. The fraction of sp³-hybridized carbons (Fsp3) is 0.391. The summed E-state index contributed by atoms with van der Waals surface area (Å²) in [7, 11) is 0. The SMILES string of the molecule is CCC(C)C(=O)c1cc2nc(-c3ccc(Cl)c(C)c3)cc(C(C)(C)C)c2o1. The molecule has 3 aromatic rings. The smallest absolute Gasteiger partial charge is 0.200 e. The summed E-state index contributed by atoms with van der Waals surface area (Å²) in [6.45, 7) is 12.3. The first-order valence-electron chi connectivity index (χ1n) is 9.37. The second-order valence-corrected chi connectivity index (χ2v) is 8.67. The summed E-state index contributed by atoms with van der Waals surface area (Å²) in [4.78, 5) is 17.4. The summed E-state index contributed by atoms with van der Waals surface area (Å²) in [5.41, 5.74) is 5.17. The number of rotatable bonds is 4. The largest absolute Gasteiger partial charge is 0.451 e. The number of pyridine rings is 1. The van der Waals surface area contributed by atoms with Gasteiger partial charge in [0, 0.05) is 28.1 Å². The van der Waals surface area contributed by atoms with Crippen LogP contribution in [0.4, 0.5) is 0 Å². The molecule has 0 fully saturated rings. The van der Waals surface area contributed by atoms with Gasteiger partial charge in [-0.2, -0.15) is 0 Å². The molecule has 0 spiro atoms.